The summed E-state index contributed by atoms with van der Waals surface area (Å²) in [5.74, 6) is 0.724. The van der Waals surface area contributed by atoms with Crippen LogP contribution in [-0.4, -0.2) is 0 Å². The summed E-state index contributed by atoms with van der Waals surface area (Å²) in [5, 5.41) is 2.39. The Hall–Kier alpha value is -5.14. The second-order valence-corrected chi connectivity index (χ2v) is 13.2. The first-order chi connectivity index (χ1) is 21.6. The second-order valence-electron chi connectivity index (χ2n) is 13.2. The summed E-state index contributed by atoms with van der Waals surface area (Å²) in [5.41, 5.74) is 18.0. The molecule has 4 aliphatic carbocycles. The van der Waals surface area contributed by atoms with Gasteiger partial charge in [-0.15, -0.1) is 0 Å². The number of rotatable bonds is 2. The number of hydrogen-bond acceptors (Lipinski definition) is 1. The Labute approximate surface area is 257 Å². The highest BCUT2D eigenvalue weighted by Crippen LogP contribution is 2.54. The van der Waals surface area contributed by atoms with Crippen LogP contribution in [-0.2, 0) is 5.41 Å². The molecule has 44 heavy (non-hydrogen) atoms. The van der Waals surface area contributed by atoms with Gasteiger partial charge in [-0.2, -0.15) is 0 Å². The van der Waals surface area contributed by atoms with E-state index in [1.54, 1.807) is 0 Å². The SMILES string of the molecule is CC1(C)c2cc(-c3ccc4c5c3C=CC3C=CC(c6ccccc6)=C(C=C4)C53)ccc2-c2cc3oc4ccccc4c3cc21. The van der Waals surface area contributed by atoms with Crippen LogP contribution in [0, 0.1) is 5.92 Å². The maximum absolute atomic E-state index is 6.30. The highest BCUT2D eigenvalue weighted by Gasteiger charge is 2.38. The molecule has 2 atom stereocenters. The first-order valence-electron chi connectivity index (χ1n) is 15.7. The quantitative estimate of drug-likeness (QED) is 0.205. The molecule has 0 saturated carbocycles. The molecule has 10 rings (SSSR count). The van der Waals surface area contributed by atoms with E-state index in [9.17, 15) is 0 Å². The molecule has 0 aliphatic heterocycles. The third kappa shape index (κ3) is 3.14. The lowest BCUT2D eigenvalue weighted by Gasteiger charge is -2.37. The van der Waals surface area contributed by atoms with Crippen LogP contribution in [0.25, 0.3) is 61.9 Å². The Morgan fingerprint density at radius 2 is 1.39 bits per heavy atom. The molecular formula is C43H30O. The fourth-order valence-corrected chi connectivity index (χ4v) is 8.47. The zero-order valence-corrected chi connectivity index (χ0v) is 24.8. The Morgan fingerprint density at radius 3 is 2.30 bits per heavy atom. The van der Waals surface area contributed by atoms with Crippen molar-refractivity contribution in [3.05, 3.63) is 160 Å². The summed E-state index contributed by atoms with van der Waals surface area (Å²) in [7, 11) is 0. The standard InChI is InChI=1S/C43H30O/c1-43(2)37-22-28(16-19-31(37)35-24-40-36(23-38(35)43)32-10-6-7-11-39(32)44-40)30-18-13-27-14-20-33-29(25-8-4-3-5-9-25)17-12-26-15-21-34(30)42(27)41(26)33/h3-24,26,41H,1-2H3. The van der Waals surface area contributed by atoms with Gasteiger partial charge in [0.1, 0.15) is 11.2 Å². The van der Waals surface area contributed by atoms with Crippen LogP contribution in [0.2, 0.25) is 0 Å². The molecule has 208 valence electrons. The van der Waals surface area contributed by atoms with Crippen LogP contribution in [0.4, 0.5) is 0 Å². The monoisotopic (exact) mass is 562 g/mol. The van der Waals surface area contributed by atoms with E-state index in [2.05, 4.69) is 141 Å². The van der Waals surface area contributed by atoms with E-state index >= 15 is 0 Å². The number of allylic oxidation sites excluding steroid dienone is 6. The summed E-state index contributed by atoms with van der Waals surface area (Å²) < 4.78 is 6.30. The lowest BCUT2D eigenvalue weighted by molar-refractivity contribution is 0.658. The molecule has 1 heterocycles. The average molecular weight is 563 g/mol. The minimum Gasteiger partial charge on any atom is -0.456 e. The van der Waals surface area contributed by atoms with E-state index in [1.165, 1.54) is 77.6 Å². The highest BCUT2D eigenvalue weighted by molar-refractivity contribution is 6.07. The smallest absolute Gasteiger partial charge is 0.136 e. The van der Waals surface area contributed by atoms with Gasteiger partial charge in [0.2, 0.25) is 0 Å². The van der Waals surface area contributed by atoms with Gasteiger partial charge in [0.25, 0.3) is 0 Å². The Bertz CT molecular complexity index is 2350. The molecule has 0 radical (unpaired) electrons. The number of furan rings is 1. The molecule has 1 heteroatoms. The van der Waals surface area contributed by atoms with Crippen molar-refractivity contribution in [3.8, 4) is 22.3 Å². The molecule has 0 amide bonds. The summed E-state index contributed by atoms with van der Waals surface area (Å²) in [6, 6.07) is 35.7. The van der Waals surface area contributed by atoms with Gasteiger partial charge in [-0.1, -0.05) is 123 Å². The van der Waals surface area contributed by atoms with Gasteiger partial charge in [0.05, 0.1) is 0 Å². The number of hydrogen-bond donors (Lipinski definition) is 0. The molecule has 0 saturated heterocycles. The molecule has 4 aliphatic rings. The lowest BCUT2D eigenvalue weighted by Crippen LogP contribution is -2.22. The third-order valence-corrected chi connectivity index (χ3v) is 10.6. The lowest BCUT2D eigenvalue weighted by atomic mass is 9.66. The van der Waals surface area contributed by atoms with Crippen molar-refractivity contribution in [2.75, 3.05) is 0 Å². The van der Waals surface area contributed by atoms with Crippen molar-refractivity contribution >= 4 is 39.7 Å². The Balaban J connectivity index is 1.13. The van der Waals surface area contributed by atoms with Crippen molar-refractivity contribution in [2.45, 2.75) is 25.2 Å². The van der Waals surface area contributed by atoms with Crippen LogP contribution in [0.3, 0.4) is 0 Å². The number of para-hydroxylation sites is 1. The van der Waals surface area contributed by atoms with Crippen LogP contribution < -0.4 is 0 Å². The summed E-state index contributed by atoms with van der Waals surface area (Å²) in [6.45, 7) is 4.75. The first-order valence-corrected chi connectivity index (χ1v) is 15.7. The van der Waals surface area contributed by atoms with Gasteiger partial charge >= 0.3 is 0 Å². The van der Waals surface area contributed by atoms with Gasteiger partial charge < -0.3 is 4.42 Å². The summed E-state index contributed by atoms with van der Waals surface area (Å²) in [6.07, 6.45) is 14.2. The fraction of sp³-hybridized carbons (Fsp3) is 0.116. The van der Waals surface area contributed by atoms with Crippen molar-refractivity contribution in [1.82, 2.24) is 0 Å². The molecule has 6 aromatic rings. The summed E-state index contributed by atoms with van der Waals surface area (Å²) >= 11 is 0. The largest absolute Gasteiger partial charge is 0.456 e. The van der Waals surface area contributed by atoms with E-state index in [0.717, 1.165) is 11.2 Å². The van der Waals surface area contributed by atoms with E-state index in [4.69, 9.17) is 4.42 Å². The normalized spacial score (nSPS) is 19.9. The van der Waals surface area contributed by atoms with Gasteiger partial charge in [0, 0.05) is 28.0 Å². The molecule has 5 aromatic carbocycles. The van der Waals surface area contributed by atoms with Crippen molar-refractivity contribution < 1.29 is 4.42 Å². The van der Waals surface area contributed by atoms with E-state index < -0.39 is 0 Å². The minimum absolute atomic E-state index is 0.114. The zero-order valence-electron chi connectivity index (χ0n) is 24.8. The molecular weight excluding hydrogens is 532 g/mol. The molecule has 1 nitrogen and oxygen atoms in total. The maximum Gasteiger partial charge on any atom is 0.136 e. The zero-order chi connectivity index (χ0) is 29.2. The van der Waals surface area contributed by atoms with E-state index in [-0.39, 0.29) is 5.41 Å². The fourth-order valence-electron chi connectivity index (χ4n) is 8.47. The third-order valence-electron chi connectivity index (χ3n) is 10.6. The predicted molar refractivity (Wildman–Crippen MR) is 184 cm³/mol. The van der Waals surface area contributed by atoms with E-state index in [0.29, 0.717) is 11.8 Å². The van der Waals surface area contributed by atoms with Crippen LogP contribution in [0.1, 0.15) is 53.1 Å². The summed E-state index contributed by atoms with van der Waals surface area (Å²) in [4.78, 5) is 0. The van der Waals surface area contributed by atoms with Crippen molar-refractivity contribution in [1.29, 1.82) is 0 Å². The van der Waals surface area contributed by atoms with Gasteiger partial charge in [0.15, 0.2) is 0 Å². The first kappa shape index (κ1) is 24.3. The average Bonchev–Trinajstić information content (AvgIpc) is 3.54. The molecule has 0 N–H and O–H groups in total. The van der Waals surface area contributed by atoms with Gasteiger partial charge in [-0.05, 0) is 91.0 Å². The second kappa shape index (κ2) is 8.49. The van der Waals surface area contributed by atoms with Gasteiger partial charge in [-0.3, -0.25) is 0 Å². The van der Waals surface area contributed by atoms with Crippen LogP contribution in [0.5, 0.6) is 0 Å². The number of benzene rings is 5. The van der Waals surface area contributed by atoms with Crippen LogP contribution in [0.15, 0.2) is 131 Å². The minimum atomic E-state index is -0.114. The van der Waals surface area contributed by atoms with E-state index in [1.807, 2.05) is 6.07 Å². The van der Waals surface area contributed by atoms with Gasteiger partial charge in [-0.25, -0.2) is 0 Å². The Kier molecular flexibility index (Phi) is 4.69. The van der Waals surface area contributed by atoms with Crippen molar-refractivity contribution in [3.63, 3.8) is 0 Å². The van der Waals surface area contributed by atoms with Crippen LogP contribution >= 0.6 is 0 Å². The molecule has 2 unspecified atom stereocenters. The molecule has 0 spiro atoms. The molecule has 1 aromatic heterocycles. The van der Waals surface area contributed by atoms with Crippen molar-refractivity contribution in [2.24, 2.45) is 5.92 Å². The number of fused-ring (bicyclic) bond motifs is 6. The molecule has 0 fully saturated rings. The molecule has 0 bridgehead atoms. The topological polar surface area (TPSA) is 13.1 Å². The predicted octanol–water partition coefficient (Wildman–Crippen LogP) is 11.3. The highest BCUT2D eigenvalue weighted by atomic mass is 16.3. The Morgan fingerprint density at radius 1 is 0.591 bits per heavy atom. The maximum atomic E-state index is 6.30.